The zero-order valence-electron chi connectivity index (χ0n) is 5.96. The van der Waals surface area contributed by atoms with Crippen molar-refractivity contribution >= 4 is 0 Å². The van der Waals surface area contributed by atoms with E-state index in [1.807, 2.05) is 13.8 Å². The molecule has 0 saturated heterocycles. The zero-order chi connectivity index (χ0) is 7.49. The van der Waals surface area contributed by atoms with E-state index in [1.165, 1.54) is 0 Å². The van der Waals surface area contributed by atoms with E-state index >= 15 is 0 Å². The minimum atomic E-state index is -0.699. The summed E-state index contributed by atoms with van der Waals surface area (Å²) in [5.41, 5.74) is -0.380. The lowest BCUT2D eigenvalue weighted by Crippen LogP contribution is -2.30. The standard InChI is InChI=1S/C7H14O2/c1-4-7(2,3)6(9)5-8/h4,6,8-9H,1,5H2,2-3H3/t6-/m1/s1. The van der Waals surface area contributed by atoms with Crippen LogP contribution in [0.15, 0.2) is 12.7 Å². The van der Waals surface area contributed by atoms with Crippen LogP contribution in [0.1, 0.15) is 13.8 Å². The third kappa shape index (κ3) is 2.16. The first kappa shape index (κ1) is 8.66. The van der Waals surface area contributed by atoms with E-state index in [9.17, 15) is 0 Å². The Morgan fingerprint density at radius 3 is 2.22 bits per heavy atom. The summed E-state index contributed by atoms with van der Waals surface area (Å²) < 4.78 is 0. The van der Waals surface area contributed by atoms with Crippen LogP contribution in [0.5, 0.6) is 0 Å². The molecule has 0 saturated carbocycles. The summed E-state index contributed by atoms with van der Waals surface area (Å²) in [7, 11) is 0. The molecule has 0 heterocycles. The molecule has 9 heavy (non-hydrogen) atoms. The third-order valence-electron chi connectivity index (χ3n) is 1.56. The molecular weight excluding hydrogens is 116 g/mol. The molecule has 0 aliphatic carbocycles. The largest absolute Gasteiger partial charge is 0.394 e. The molecule has 0 spiro atoms. The van der Waals surface area contributed by atoms with Gasteiger partial charge in [0.1, 0.15) is 0 Å². The van der Waals surface area contributed by atoms with E-state index in [0.29, 0.717) is 0 Å². The van der Waals surface area contributed by atoms with Crippen molar-refractivity contribution in [2.24, 2.45) is 5.41 Å². The second-order valence-electron chi connectivity index (χ2n) is 2.72. The number of hydrogen-bond donors (Lipinski definition) is 2. The summed E-state index contributed by atoms with van der Waals surface area (Å²) in [6.07, 6.45) is 0.934. The Bertz CT molecular complexity index is 97.1. The summed E-state index contributed by atoms with van der Waals surface area (Å²) >= 11 is 0. The molecule has 0 fully saturated rings. The Hall–Kier alpha value is -0.340. The van der Waals surface area contributed by atoms with Gasteiger partial charge in [-0.15, -0.1) is 6.58 Å². The summed E-state index contributed by atoms with van der Waals surface area (Å²) in [5, 5.41) is 17.6. The van der Waals surface area contributed by atoms with Gasteiger partial charge in [-0.3, -0.25) is 0 Å². The quantitative estimate of drug-likeness (QED) is 0.548. The highest BCUT2D eigenvalue weighted by atomic mass is 16.3. The molecule has 2 nitrogen and oxygen atoms in total. The Balaban J connectivity index is 3.95. The monoisotopic (exact) mass is 130 g/mol. The molecule has 2 N–H and O–H groups in total. The van der Waals surface area contributed by atoms with Crippen LogP contribution < -0.4 is 0 Å². The van der Waals surface area contributed by atoms with E-state index in [0.717, 1.165) is 0 Å². The summed E-state index contributed by atoms with van der Waals surface area (Å²) in [6, 6.07) is 0. The van der Waals surface area contributed by atoms with Crippen molar-refractivity contribution in [1.82, 2.24) is 0 Å². The van der Waals surface area contributed by atoms with Gasteiger partial charge >= 0.3 is 0 Å². The second-order valence-corrected chi connectivity index (χ2v) is 2.72. The highest BCUT2D eigenvalue weighted by Gasteiger charge is 2.22. The fourth-order valence-corrected chi connectivity index (χ4v) is 0.371. The molecule has 0 aromatic rings. The molecule has 0 unspecified atom stereocenters. The van der Waals surface area contributed by atoms with Gasteiger partial charge in [0.2, 0.25) is 0 Å². The van der Waals surface area contributed by atoms with Crippen LogP contribution in [-0.2, 0) is 0 Å². The van der Waals surface area contributed by atoms with Gasteiger partial charge in [-0.05, 0) is 0 Å². The molecule has 0 aliphatic rings. The van der Waals surface area contributed by atoms with Crippen LogP contribution in [0.25, 0.3) is 0 Å². The van der Waals surface area contributed by atoms with Crippen LogP contribution in [0, 0.1) is 5.41 Å². The van der Waals surface area contributed by atoms with E-state index in [1.54, 1.807) is 6.08 Å². The number of aliphatic hydroxyl groups is 2. The van der Waals surface area contributed by atoms with Gasteiger partial charge in [0.25, 0.3) is 0 Å². The maximum atomic E-state index is 9.06. The Morgan fingerprint density at radius 1 is 1.67 bits per heavy atom. The van der Waals surface area contributed by atoms with Crippen molar-refractivity contribution in [1.29, 1.82) is 0 Å². The minimum Gasteiger partial charge on any atom is -0.394 e. The molecule has 0 amide bonds. The van der Waals surface area contributed by atoms with Crippen molar-refractivity contribution in [3.05, 3.63) is 12.7 Å². The Labute approximate surface area is 55.8 Å². The molecular formula is C7H14O2. The third-order valence-corrected chi connectivity index (χ3v) is 1.56. The lowest BCUT2D eigenvalue weighted by Gasteiger charge is -2.24. The molecule has 0 bridgehead atoms. The van der Waals surface area contributed by atoms with Crippen LogP contribution in [0.2, 0.25) is 0 Å². The molecule has 0 aliphatic heterocycles. The van der Waals surface area contributed by atoms with E-state index in [2.05, 4.69) is 6.58 Å². The SMILES string of the molecule is C=CC(C)(C)[C@H](O)CO. The average Bonchev–Trinajstić information content (AvgIpc) is 1.86. The second kappa shape index (κ2) is 2.99. The first-order valence-corrected chi connectivity index (χ1v) is 2.97. The van der Waals surface area contributed by atoms with Crippen LogP contribution in [0.4, 0.5) is 0 Å². The molecule has 1 atom stereocenters. The zero-order valence-corrected chi connectivity index (χ0v) is 5.96. The summed E-state index contributed by atoms with van der Waals surface area (Å²) in [6.45, 7) is 6.96. The van der Waals surface area contributed by atoms with Crippen LogP contribution >= 0.6 is 0 Å². The fraction of sp³-hybridized carbons (Fsp3) is 0.714. The maximum absolute atomic E-state index is 9.06. The van der Waals surface area contributed by atoms with E-state index in [-0.39, 0.29) is 12.0 Å². The van der Waals surface area contributed by atoms with Crippen molar-refractivity contribution < 1.29 is 10.2 Å². The number of aliphatic hydroxyl groups excluding tert-OH is 2. The van der Waals surface area contributed by atoms with Crippen molar-refractivity contribution in [3.63, 3.8) is 0 Å². The van der Waals surface area contributed by atoms with Gasteiger partial charge in [-0.25, -0.2) is 0 Å². The number of rotatable bonds is 3. The van der Waals surface area contributed by atoms with Crippen molar-refractivity contribution in [2.75, 3.05) is 6.61 Å². The predicted molar refractivity (Wildman–Crippen MR) is 37.1 cm³/mol. The number of hydrogen-bond acceptors (Lipinski definition) is 2. The van der Waals surface area contributed by atoms with Gasteiger partial charge in [0.05, 0.1) is 12.7 Å². The normalized spacial score (nSPS) is 15.1. The lowest BCUT2D eigenvalue weighted by atomic mass is 9.87. The Morgan fingerprint density at radius 2 is 2.11 bits per heavy atom. The highest BCUT2D eigenvalue weighted by Crippen LogP contribution is 2.20. The fourth-order valence-electron chi connectivity index (χ4n) is 0.371. The lowest BCUT2D eigenvalue weighted by molar-refractivity contribution is 0.0276. The first-order chi connectivity index (χ1) is 4.04. The summed E-state index contributed by atoms with van der Waals surface area (Å²) in [4.78, 5) is 0. The van der Waals surface area contributed by atoms with Gasteiger partial charge in [0, 0.05) is 5.41 Å². The maximum Gasteiger partial charge on any atom is 0.0855 e. The van der Waals surface area contributed by atoms with Gasteiger partial charge in [-0.2, -0.15) is 0 Å². The van der Waals surface area contributed by atoms with Crippen molar-refractivity contribution in [3.8, 4) is 0 Å². The highest BCUT2D eigenvalue weighted by molar-refractivity contribution is 4.92. The Kier molecular flexibility index (Phi) is 2.88. The molecule has 0 aromatic carbocycles. The summed E-state index contributed by atoms with van der Waals surface area (Å²) in [5.74, 6) is 0. The molecule has 0 aromatic heterocycles. The average molecular weight is 130 g/mol. The smallest absolute Gasteiger partial charge is 0.0855 e. The minimum absolute atomic E-state index is 0.209. The molecule has 0 rings (SSSR count). The van der Waals surface area contributed by atoms with E-state index in [4.69, 9.17) is 10.2 Å². The van der Waals surface area contributed by atoms with E-state index < -0.39 is 6.10 Å². The van der Waals surface area contributed by atoms with Crippen LogP contribution in [0.3, 0.4) is 0 Å². The van der Waals surface area contributed by atoms with Gasteiger partial charge in [-0.1, -0.05) is 19.9 Å². The molecule has 54 valence electrons. The first-order valence-electron chi connectivity index (χ1n) is 2.97. The van der Waals surface area contributed by atoms with Crippen molar-refractivity contribution in [2.45, 2.75) is 20.0 Å². The van der Waals surface area contributed by atoms with Crippen LogP contribution in [-0.4, -0.2) is 22.9 Å². The van der Waals surface area contributed by atoms with Gasteiger partial charge < -0.3 is 10.2 Å². The molecule has 2 heteroatoms. The topological polar surface area (TPSA) is 40.5 Å². The predicted octanol–water partition coefficient (Wildman–Crippen LogP) is 0.552. The molecule has 0 radical (unpaired) electrons. The van der Waals surface area contributed by atoms with Gasteiger partial charge in [0.15, 0.2) is 0 Å².